The van der Waals surface area contributed by atoms with Crippen LogP contribution in [0.25, 0.3) is 21.8 Å². The van der Waals surface area contributed by atoms with Gasteiger partial charge in [-0.3, -0.25) is 9.59 Å². The van der Waals surface area contributed by atoms with Crippen LogP contribution in [0.15, 0.2) is 59.5 Å². The zero-order chi connectivity index (χ0) is 23.1. The number of rotatable bonds is 4. The maximum Gasteiger partial charge on any atom is 0.291 e. The van der Waals surface area contributed by atoms with Gasteiger partial charge in [0.15, 0.2) is 0 Å². The summed E-state index contributed by atoms with van der Waals surface area (Å²) in [5.74, 6) is 0.847. The van der Waals surface area contributed by atoms with Crippen LogP contribution in [0.1, 0.15) is 13.0 Å². The van der Waals surface area contributed by atoms with Crippen molar-refractivity contribution in [3.05, 3.63) is 65.1 Å². The minimum absolute atomic E-state index is 0.0194. The molecule has 8 heteroatoms. The van der Waals surface area contributed by atoms with Crippen LogP contribution in [0.4, 0.5) is 5.69 Å². The van der Waals surface area contributed by atoms with Gasteiger partial charge in [0.25, 0.3) is 5.56 Å². The summed E-state index contributed by atoms with van der Waals surface area (Å²) in [5.41, 5.74) is 2.31. The Morgan fingerprint density at radius 2 is 1.70 bits per heavy atom. The normalized spacial score (nSPS) is 15.2. The summed E-state index contributed by atoms with van der Waals surface area (Å²) < 4.78 is 8.45. The fourth-order valence-electron chi connectivity index (χ4n) is 4.74. The number of carbonyl (C=O) groups is 1. The van der Waals surface area contributed by atoms with E-state index in [2.05, 4.69) is 10.00 Å². The molecule has 2 aromatic heterocycles. The maximum atomic E-state index is 13.6. The summed E-state index contributed by atoms with van der Waals surface area (Å²) in [4.78, 5) is 30.7. The Hall–Kier alpha value is -3.81. The van der Waals surface area contributed by atoms with E-state index in [1.807, 2.05) is 64.9 Å². The molecule has 2 aromatic carbocycles. The van der Waals surface area contributed by atoms with Crippen LogP contribution >= 0.6 is 0 Å². The molecule has 0 aliphatic carbocycles. The highest BCUT2D eigenvalue weighted by Crippen LogP contribution is 2.30. The van der Waals surface area contributed by atoms with Crippen LogP contribution in [0.3, 0.4) is 0 Å². The van der Waals surface area contributed by atoms with E-state index in [4.69, 9.17) is 4.74 Å². The summed E-state index contributed by atoms with van der Waals surface area (Å²) in [7, 11) is 3.29. The summed E-state index contributed by atoms with van der Waals surface area (Å²) in [6.45, 7) is 4.65. The number of piperazine rings is 1. The Labute approximate surface area is 191 Å². The molecule has 0 radical (unpaired) electrons. The number of ether oxygens (including phenoxy) is 1. The standard InChI is InChI=1S/C25H27N5O3/c1-17(24(31)29-14-12-28(13-15-29)18-8-10-19(33-3)11-9-18)30-22-7-5-4-6-20(22)21-16-26-27(2)25(32)23(21)30/h4-11,16-17H,12-15H2,1-3H3/t17-/m0/s1. The van der Waals surface area contributed by atoms with Gasteiger partial charge in [-0.25, -0.2) is 4.68 Å². The van der Waals surface area contributed by atoms with Gasteiger partial charge in [-0.1, -0.05) is 18.2 Å². The highest BCUT2D eigenvalue weighted by molar-refractivity contribution is 6.08. The first-order chi connectivity index (χ1) is 16.0. The number of carbonyl (C=O) groups excluding carboxylic acids is 1. The molecule has 0 N–H and O–H groups in total. The van der Waals surface area contributed by atoms with Crippen LogP contribution in [-0.2, 0) is 11.8 Å². The number of amides is 1. The predicted molar refractivity (Wildman–Crippen MR) is 129 cm³/mol. The number of hydrogen-bond acceptors (Lipinski definition) is 5. The Kier molecular flexibility index (Phi) is 5.28. The lowest BCUT2D eigenvalue weighted by molar-refractivity contribution is -0.134. The van der Waals surface area contributed by atoms with Crippen molar-refractivity contribution < 1.29 is 9.53 Å². The molecule has 0 saturated carbocycles. The average molecular weight is 446 g/mol. The molecule has 1 amide bonds. The van der Waals surface area contributed by atoms with E-state index in [0.29, 0.717) is 18.6 Å². The molecule has 33 heavy (non-hydrogen) atoms. The Bertz CT molecular complexity index is 1380. The van der Waals surface area contributed by atoms with Gasteiger partial charge < -0.3 is 19.1 Å². The van der Waals surface area contributed by atoms with Crippen molar-refractivity contribution in [2.24, 2.45) is 7.05 Å². The lowest BCUT2D eigenvalue weighted by Crippen LogP contribution is -2.50. The second-order valence-electron chi connectivity index (χ2n) is 8.41. The predicted octanol–water partition coefficient (Wildman–Crippen LogP) is 2.81. The number of anilines is 1. The number of fused-ring (bicyclic) bond motifs is 3. The number of benzene rings is 2. The van der Waals surface area contributed by atoms with Crippen LogP contribution in [0, 0.1) is 0 Å². The molecule has 5 rings (SSSR count). The van der Waals surface area contributed by atoms with Crippen LogP contribution < -0.4 is 15.2 Å². The molecule has 1 aliphatic rings. The van der Waals surface area contributed by atoms with Crippen molar-refractivity contribution in [1.82, 2.24) is 19.2 Å². The average Bonchev–Trinajstić information content (AvgIpc) is 3.20. The maximum absolute atomic E-state index is 13.6. The summed E-state index contributed by atoms with van der Waals surface area (Å²) in [5, 5.41) is 5.90. The minimum atomic E-state index is -0.505. The molecule has 3 heterocycles. The second kappa shape index (κ2) is 8.27. The van der Waals surface area contributed by atoms with Crippen molar-refractivity contribution >= 4 is 33.4 Å². The first-order valence-electron chi connectivity index (χ1n) is 11.1. The largest absolute Gasteiger partial charge is 0.497 e. The SMILES string of the molecule is COc1ccc(N2CCN(C(=O)[C@H](C)n3c4ccccc4c4cnn(C)c(=O)c43)CC2)cc1. The third-order valence-electron chi connectivity index (χ3n) is 6.58. The van der Waals surface area contributed by atoms with E-state index in [9.17, 15) is 9.59 Å². The summed E-state index contributed by atoms with van der Waals surface area (Å²) >= 11 is 0. The molecule has 1 atom stereocenters. The Balaban J connectivity index is 1.42. The molecule has 4 aromatic rings. The lowest BCUT2D eigenvalue weighted by Gasteiger charge is -2.37. The first kappa shape index (κ1) is 21.1. The van der Waals surface area contributed by atoms with E-state index in [-0.39, 0.29) is 11.5 Å². The molecule has 1 fully saturated rings. The number of hydrogen-bond donors (Lipinski definition) is 0. The topological polar surface area (TPSA) is 72.6 Å². The highest BCUT2D eigenvalue weighted by atomic mass is 16.5. The van der Waals surface area contributed by atoms with E-state index in [0.717, 1.165) is 40.8 Å². The molecule has 170 valence electrons. The second-order valence-corrected chi connectivity index (χ2v) is 8.41. The molecule has 0 spiro atoms. The molecule has 1 aliphatic heterocycles. The molecular weight excluding hydrogens is 418 g/mol. The third kappa shape index (κ3) is 3.51. The molecule has 0 unspecified atom stereocenters. The van der Waals surface area contributed by atoms with Gasteiger partial charge in [0, 0.05) is 49.7 Å². The van der Waals surface area contributed by atoms with Crippen molar-refractivity contribution in [3.63, 3.8) is 0 Å². The van der Waals surface area contributed by atoms with E-state index < -0.39 is 6.04 Å². The smallest absolute Gasteiger partial charge is 0.291 e. The first-order valence-corrected chi connectivity index (χ1v) is 11.1. The van der Waals surface area contributed by atoms with Crippen molar-refractivity contribution in [3.8, 4) is 5.75 Å². The quantitative estimate of drug-likeness (QED) is 0.483. The summed E-state index contributed by atoms with van der Waals surface area (Å²) in [6.07, 6.45) is 1.71. The van der Waals surface area contributed by atoms with E-state index in [1.165, 1.54) is 4.68 Å². The van der Waals surface area contributed by atoms with Crippen LogP contribution in [0.2, 0.25) is 0 Å². The van der Waals surface area contributed by atoms with Gasteiger partial charge >= 0.3 is 0 Å². The fraction of sp³-hybridized carbons (Fsp3) is 0.320. The van der Waals surface area contributed by atoms with E-state index >= 15 is 0 Å². The van der Waals surface area contributed by atoms with Crippen molar-refractivity contribution in [1.29, 1.82) is 0 Å². The number of nitrogens with zero attached hydrogens (tertiary/aromatic N) is 5. The minimum Gasteiger partial charge on any atom is -0.497 e. The number of aromatic nitrogens is 3. The lowest BCUT2D eigenvalue weighted by atomic mass is 10.2. The number of methoxy groups -OCH3 is 1. The Morgan fingerprint density at radius 1 is 1.00 bits per heavy atom. The summed E-state index contributed by atoms with van der Waals surface area (Å²) in [6, 6.07) is 15.3. The van der Waals surface area contributed by atoms with Crippen LogP contribution in [-0.4, -0.2) is 58.4 Å². The van der Waals surface area contributed by atoms with Gasteiger partial charge in [-0.15, -0.1) is 0 Å². The van der Waals surface area contributed by atoms with Gasteiger partial charge in [-0.05, 0) is 37.3 Å². The molecule has 0 bridgehead atoms. The van der Waals surface area contributed by atoms with E-state index in [1.54, 1.807) is 20.4 Å². The molecular formula is C25H27N5O3. The van der Waals surface area contributed by atoms with Crippen molar-refractivity contribution in [2.45, 2.75) is 13.0 Å². The number of para-hydroxylation sites is 1. The monoisotopic (exact) mass is 445 g/mol. The van der Waals surface area contributed by atoms with Gasteiger partial charge in [0.05, 0.1) is 18.8 Å². The zero-order valence-electron chi connectivity index (χ0n) is 19.1. The third-order valence-corrected chi connectivity index (χ3v) is 6.58. The van der Waals surface area contributed by atoms with Gasteiger partial charge in [0.2, 0.25) is 5.91 Å². The van der Waals surface area contributed by atoms with Crippen molar-refractivity contribution in [2.75, 3.05) is 38.2 Å². The zero-order valence-corrected chi connectivity index (χ0v) is 19.1. The van der Waals surface area contributed by atoms with Gasteiger partial charge in [-0.2, -0.15) is 5.10 Å². The molecule has 8 nitrogen and oxygen atoms in total. The molecule has 1 saturated heterocycles. The van der Waals surface area contributed by atoms with Crippen LogP contribution in [0.5, 0.6) is 5.75 Å². The van der Waals surface area contributed by atoms with Gasteiger partial charge in [0.1, 0.15) is 17.3 Å². The Morgan fingerprint density at radius 3 is 2.39 bits per heavy atom. The highest BCUT2D eigenvalue weighted by Gasteiger charge is 2.29. The fourth-order valence-corrected chi connectivity index (χ4v) is 4.74. The number of aryl methyl sites for hydroxylation is 1.